The van der Waals surface area contributed by atoms with Gasteiger partial charge in [0.05, 0.1) is 11.4 Å². The zero-order valence-corrected chi connectivity index (χ0v) is 11.1. The Morgan fingerprint density at radius 1 is 1.56 bits per heavy atom. The highest BCUT2D eigenvalue weighted by molar-refractivity contribution is 9.10. The third-order valence-electron chi connectivity index (χ3n) is 2.04. The molecule has 1 unspecified atom stereocenters. The summed E-state index contributed by atoms with van der Waals surface area (Å²) in [6.45, 7) is 4.91. The van der Waals surface area contributed by atoms with Crippen molar-refractivity contribution in [3.8, 4) is 5.75 Å². The van der Waals surface area contributed by atoms with Crippen LogP contribution in [0.1, 0.15) is 19.4 Å². The van der Waals surface area contributed by atoms with E-state index in [1.54, 1.807) is 6.92 Å². The van der Waals surface area contributed by atoms with Gasteiger partial charge in [-0.2, -0.15) is 0 Å². The van der Waals surface area contributed by atoms with E-state index in [1.807, 2.05) is 31.2 Å². The van der Waals surface area contributed by atoms with Crippen LogP contribution in [0.2, 0.25) is 0 Å². The van der Waals surface area contributed by atoms with Gasteiger partial charge in [-0.15, -0.1) is 0 Å². The maximum Gasteiger partial charge on any atom is 0.233 e. The number of alkyl halides is 1. The summed E-state index contributed by atoms with van der Waals surface area (Å²) in [7, 11) is 0. The minimum Gasteiger partial charge on any atom is -0.494 e. The van der Waals surface area contributed by atoms with Gasteiger partial charge in [-0.25, -0.2) is 0 Å². The average molecular weight is 286 g/mol. The molecule has 0 aliphatic carbocycles. The second-order valence-corrected chi connectivity index (χ2v) is 4.79. The summed E-state index contributed by atoms with van der Waals surface area (Å²) in [4.78, 5) is 11.2. The Balaban J connectivity index is 2.53. The van der Waals surface area contributed by atoms with E-state index in [1.165, 1.54) is 0 Å². The summed E-state index contributed by atoms with van der Waals surface area (Å²) in [5.41, 5.74) is 1.03. The van der Waals surface area contributed by atoms with Gasteiger partial charge in [0.1, 0.15) is 5.75 Å². The van der Waals surface area contributed by atoms with Gasteiger partial charge in [-0.1, -0.05) is 28.1 Å². The number of ether oxygens (including phenoxy) is 1. The standard InChI is InChI=1S/C12H16BrNO2/c1-3-16-11-6-4-5-10(7-11)8-14-12(15)9(2)13/h4-7,9H,3,8H2,1-2H3,(H,14,15). The molecule has 16 heavy (non-hydrogen) atoms. The Morgan fingerprint density at radius 3 is 2.94 bits per heavy atom. The maximum atomic E-state index is 11.3. The van der Waals surface area contributed by atoms with Crippen molar-refractivity contribution in [2.24, 2.45) is 0 Å². The first-order valence-electron chi connectivity index (χ1n) is 5.27. The topological polar surface area (TPSA) is 38.3 Å². The molecular formula is C12H16BrNO2. The second-order valence-electron chi connectivity index (χ2n) is 3.41. The van der Waals surface area contributed by atoms with E-state index in [0.29, 0.717) is 13.2 Å². The first-order valence-corrected chi connectivity index (χ1v) is 6.18. The Bertz CT molecular complexity index is 353. The van der Waals surface area contributed by atoms with E-state index in [4.69, 9.17) is 4.74 Å². The number of benzene rings is 1. The first-order chi connectivity index (χ1) is 7.63. The van der Waals surface area contributed by atoms with E-state index in [-0.39, 0.29) is 10.7 Å². The van der Waals surface area contributed by atoms with Gasteiger partial charge in [0.15, 0.2) is 0 Å². The van der Waals surface area contributed by atoms with Crippen LogP contribution in [0.3, 0.4) is 0 Å². The van der Waals surface area contributed by atoms with Crippen LogP contribution in [-0.2, 0) is 11.3 Å². The molecule has 88 valence electrons. The van der Waals surface area contributed by atoms with Crippen molar-refractivity contribution in [2.45, 2.75) is 25.2 Å². The quantitative estimate of drug-likeness (QED) is 0.844. The molecular weight excluding hydrogens is 270 g/mol. The number of halogens is 1. The lowest BCUT2D eigenvalue weighted by atomic mass is 10.2. The number of carbonyl (C=O) groups excluding carboxylic acids is 1. The van der Waals surface area contributed by atoms with Gasteiger partial charge in [-0.3, -0.25) is 4.79 Å². The lowest BCUT2D eigenvalue weighted by Crippen LogP contribution is -2.28. The number of carbonyl (C=O) groups is 1. The van der Waals surface area contributed by atoms with Gasteiger partial charge in [0, 0.05) is 6.54 Å². The first kappa shape index (κ1) is 13.0. The largest absolute Gasteiger partial charge is 0.494 e. The third-order valence-corrected chi connectivity index (χ3v) is 2.45. The highest BCUT2D eigenvalue weighted by Crippen LogP contribution is 2.13. The van der Waals surface area contributed by atoms with Crippen LogP contribution >= 0.6 is 15.9 Å². The molecule has 0 fully saturated rings. The van der Waals surface area contributed by atoms with E-state index in [9.17, 15) is 4.79 Å². The summed E-state index contributed by atoms with van der Waals surface area (Å²) >= 11 is 3.22. The Kier molecular flexibility index (Phi) is 5.32. The summed E-state index contributed by atoms with van der Waals surface area (Å²) in [5, 5.41) is 2.83. The van der Waals surface area contributed by atoms with E-state index in [2.05, 4.69) is 21.2 Å². The van der Waals surface area contributed by atoms with Crippen molar-refractivity contribution in [1.82, 2.24) is 5.32 Å². The Hall–Kier alpha value is -1.03. The van der Waals surface area contributed by atoms with Crippen molar-refractivity contribution < 1.29 is 9.53 Å². The molecule has 0 saturated carbocycles. The van der Waals surface area contributed by atoms with Crippen molar-refractivity contribution in [1.29, 1.82) is 0 Å². The molecule has 3 nitrogen and oxygen atoms in total. The summed E-state index contributed by atoms with van der Waals surface area (Å²) in [5.74, 6) is 0.822. The number of nitrogens with one attached hydrogen (secondary N) is 1. The van der Waals surface area contributed by atoms with Crippen molar-refractivity contribution >= 4 is 21.8 Å². The van der Waals surface area contributed by atoms with Crippen LogP contribution in [0.5, 0.6) is 5.75 Å². The van der Waals surface area contributed by atoms with E-state index in [0.717, 1.165) is 11.3 Å². The van der Waals surface area contributed by atoms with Crippen molar-refractivity contribution in [3.63, 3.8) is 0 Å². The average Bonchev–Trinajstić information content (AvgIpc) is 2.26. The molecule has 0 heterocycles. The van der Waals surface area contributed by atoms with Gasteiger partial charge < -0.3 is 10.1 Å². The van der Waals surface area contributed by atoms with Crippen LogP contribution in [0.4, 0.5) is 0 Å². The predicted molar refractivity (Wildman–Crippen MR) is 67.8 cm³/mol. The monoisotopic (exact) mass is 285 g/mol. The highest BCUT2D eigenvalue weighted by atomic mass is 79.9. The minimum atomic E-state index is -0.164. The summed E-state index contributed by atoms with van der Waals surface area (Å²) < 4.78 is 5.38. The highest BCUT2D eigenvalue weighted by Gasteiger charge is 2.07. The smallest absolute Gasteiger partial charge is 0.233 e. The fraction of sp³-hybridized carbons (Fsp3) is 0.417. The van der Waals surface area contributed by atoms with E-state index < -0.39 is 0 Å². The van der Waals surface area contributed by atoms with Crippen molar-refractivity contribution in [2.75, 3.05) is 6.61 Å². The Labute approximate surface area is 104 Å². The lowest BCUT2D eigenvalue weighted by molar-refractivity contribution is -0.120. The molecule has 0 aromatic heterocycles. The van der Waals surface area contributed by atoms with Gasteiger partial charge in [0.25, 0.3) is 0 Å². The fourth-order valence-electron chi connectivity index (χ4n) is 1.24. The third kappa shape index (κ3) is 4.23. The van der Waals surface area contributed by atoms with Gasteiger partial charge in [0.2, 0.25) is 5.91 Å². The summed E-state index contributed by atoms with van der Waals surface area (Å²) in [6, 6.07) is 7.72. The van der Waals surface area contributed by atoms with E-state index >= 15 is 0 Å². The van der Waals surface area contributed by atoms with Crippen molar-refractivity contribution in [3.05, 3.63) is 29.8 Å². The molecule has 0 radical (unpaired) electrons. The molecule has 0 spiro atoms. The predicted octanol–water partition coefficient (Wildman–Crippen LogP) is 2.48. The maximum absolute atomic E-state index is 11.3. The van der Waals surface area contributed by atoms with Crippen LogP contribution in [0, 0.1) is 0 Å². The molecule has 0 aliphatic rings. The molecule has 1 N–H and O–H groups in total. The normalized spacial score (nSPS) is 11.9. The number of rotatable bonds is 5. The second kappa shape index (κ2) is 6.53. The Morgan fingerprint density at radius 2 is 2.31 bits per heavy atom. The number of hydrogen-bond donors (Lipinski definition) is 1. The lowest BCUT2D eigenvalue weighted by Gasteiger charge is -2.08. The minimum absolute atomic E-state index is 0.0122. The van der Waals surface area contributed by atoms with Crippen LogP contribution < -0.4 is 10.1 Å². The molecule has 1 rings (SSSR count). The molecule has 1 amide bonds. The van der Waals surface area contributed by atoms with Crippen LogP contribution in [0.25, 0.3) is 0 Å². The molecule has 1 aromatic carbocycles. The van der Waals surface area contributed by atoms with Crippen LogP contribution in [0.15, 0.2) is 24.3 Å². The summed E-state index contributed by atoms with van der Waals surface area (Å²) in [6.07, 6.45) is 0. The molecule has 0 bridgehead atoms. The SMILES string of the molecule is CCOc1cccc(CNC(=O)C(C)Br)c1. The van der Waals surface area contributed by atoms with Crippen LogP contribution in [-0.4, -0.2) is 17.3 Å². The molecule has 0 aliphatic heterocycles. The zero-order chi connectivity index (χ0) is 12.0. The van der Waals surface area contributed by atoms with Gasteiger partial charge in [-0.05, 0) is 31.5 Å². The molecule has 1 aromatic rings. The molecule has 1 atom stereocenters. The number of amides is 1. The number of hydrogen-bond acceptors (Lipinski definition) is 2. The van der Waals surface area contributed by atoms with Gasteiger partial charge >= 0.3 is 0 Å². The molecule has 0 saturated heterocycles. The zero-order valence-electron chi connectivity index (χ0n) is 9.50. The molecule has 4 heteroatoms. The fourth-order valence-corrected chi connectivity index (χ4v) is 1.40.